The maximum atomic E-state index is 13.5. The van der Waals surface area contributed by atoms with E-state index < -0.39 is 11.6 Å². The third kappa shape index (κ3) is 3.36. The maximum Gasteiger partial charge on any atom is 0.159 e. The van der Waals surface area contributed by atoms with Crippen molar-refractivity contribution in [3.05, 3.63) is 107 Å². The zero-order chi connectivity index (χ0) is 17.9. The predicted molar refractivity (Wildman–Crippen MR) is 99.0 cm³/mol. The molecule has 0 saturated heterocycles. The maximum absolute atomic E-state index is 13.5. The smallest absolute Gasteiger partial charge is 0.159 e. The lowest BCUT2D eigenvalue weighted by Crippen LogP contribution is -2.25. The molecule has 1 heterocycles. The van der Waals surface area contributed by atoms with Gasteiger partial charge in [-0.1, -0.05) is 66.7 Å². The molecule has 4 rings (SSSR count). The Hall–Kier alpha value is -3.01. The Bertz CT molecular complexity index is 923. The first kappa shape index (κ1) is 16.5. The van der Waals surface area contributed by atoms with Crippen LogP contribution >= 0.6 is 0 Å². The van der Waals surface area contributed by atoms with Crippen LogP contribution in [0, 0.1) is 11.6 Å². The van der Waals surface area contributed by atoms with Crippen LogP contribution in [0.1, 0.15) is 28.8 Å². The van der Waals surface area contributed by atoms with E-state index in [2.05, 4.69) is 29.6 Å². The van der Waals surface area contributed by atoms with E-state index in [0.29, 0.717) is 12.0 Å². The van der Waals surface area contributed by atoms with Crippen molar-refractivity contribution in [2.24, 2.45) is 4.99 Å². The number of halogens is 2. The lowest BCUT2D eigenvalue weighted by molar-refractivity contribution is 0.507. The summed E-state index contributed by atoms with van der Waals surface area (Å²) in [4.78, 5) is 4.85. The Kier molecular flexibility index (Phi) is 4.48. The van der Waals surface area contributed by atoms with Crippen molar-refractivity contribution in [3.63, 3.8) is 0 Å². The van der Waals surface area contributed by atoms with E-state index in [1.165, 1.54) is 6.07 Å². The number of nitrogens with one attached hydrogen (secondary N) is 1. The molecular formula is C22H18F2N2. The van der Waals surface area contributed by atoms with Gasteiger partial charge in [0.15, 0.2) is 11.6 Å². The molecule has 1 aliphatic rings. The van der Waals surface area contributed by atoms with Gasteiger partial charge in [0.05, 0.1) is 6.04 Å². The van der Waals surface area contributed by atoms with Crippen LogP contribution in [0.2, 0.25) is 0 Å². The molecule has 26 heavy (non-hydrogen) atoms. The minimum absolute atomic E-state index is 0.0129. The molecule has 0 fully saturated rings. The highest BCUT2D eigenvalue weighted by Gasteiger charge is 2.30. The van der Waals surface area contributed by atoms with Crippen LogP contribution in [0.3, 0.4) is 0 Å². The van der Waals surface area contributed by atoms with Gasteiger partial charge < -0.3 is 5.32 Å². The second kappa shape index (κ2) is 7.08. The molecule has 2 nitrogen and oxygen atoms in total. The lowest BCUT2D eigenvalue weighted by atomic mass is 9.95. The van der Waals surface area contributed by atoms with Gasteiger partial charge in [0, 0.05) is 6.42 Å². The number of nitrogens with zero attached hydrogens (tertiary/aromatic N) is 1. The second-order valence-corrected chi connectivity index (χ2v) is 6.39. The zero-order valence-corrected chi connectivity index (χ0v) is 14.1. The molecule has 3 aromatic rings. The quantitative estimate of drug-likeness (QED) is 0.706. The van der Waals surface area contributed by atoms with E-state index in [1.54, 1.807) is 6.07 Å². The summed E-state index contributed by atoms with van der Waals surface area (Å²) in [6, 6.07) is 24.2. The minimum Gasteiger partial charge on any atom is -0.364 e. The van der Waals surface area contributed by atoms with Gasteiger partial charge in [0.1, 0.15) is 11.9 Å². The van der Waals surface area contributed by atoms with Crippen LogP contribution < -0.4 is 5.32 Å². The summed E-state index contributed by atoms with van der Waals surface area (Å²) in [6.45, 7) is 0. The fourth-order valence-corrected chi connectivity index (χ4v) is 3.32. The molecule has 0 unspecified atom stereocenters. The van der Waals surface area contributed by atoms with Gasteiger partial charge in [-0.05, 0) is 28.8 Å². The summed E-state index contributed by atoms with van der Waals surface area (Å²) in [7, 11) is 0. The van der Waals surface area contributed by atoms with Crippen LogP contribution in [-0.4, -0.2) is 5.84 Å². The third-order valence-corrected chi connectivity index (χ3v) is 4.59. The molecule has 0 radical (unpaired) electrons. The van der Waals surface area contributed by atoms with Gasteiger partial charge in [-0.3, -0.25) is 4.99 Å². The Labute approximate surface area is 151 Å². The van der Waals surface area contributed by atoms with E-state index in [1.807, 2.05) is 36.4 Å². The third-order valence-electron chi connectivity index (χ3n) is 4.59. The Balaban J connectivity index is 1.64. The Morgan fingerprint density at radius 3 is 2.08 bits per heavy atom. The molecule has 0 saturated carbocycles. The fraction of sp³-hybridized carbons (Fsp3) is 0.136. The molecule has 1 aliphatic heterocycles. The van der Waals surface area contributed by atoms with Crippen LogP contribution in [0.5, 0.6) is 0 Å². The normalized spacial score (nSPS) is 19.1. The number of amidine groups is 1. The first-order valence-electron chi connectivity index (χ1n) is 8.58. The zero-order valence-electron chi connectivity index (χ0n) is 14.1. The van der Waals surface area contributed by atoms with Gasteiger partial charge in [-0.2, -0.15) is 0 Å². The predicted octanol–water partition coefficient (Wildman–Crippen LogP) is 4.99. The molecule has 3 aromatic carbocycles. The Morgan fingerprint density at radius 2 is 1.42 bits per heavy atom. The highest BCUT2D eigenvalue weighted by molar-refractivity contribution is 5.87. The fourth-order valence-electron chi connectivity index (χ4n) is 3.32. The largest absolute Gasteiger partial charge is 0.364 e. The summed E-state index contributed by atoms with van der Waals surface area (Å²) >= 11 is 0. The number of rotatable bonds is 4. The molecule has 0 spiro atoms. The van der Waals surface area contributed by atoms with E-state index in [0.717, 1.165) is 23.0 Å². The van der Waals surface area contributed by atoms with Crippen molar-refractivity contribution in [1.29, 1.82) is 0 Å². The molecule has 1 N–H and O–H groups in total. The van der Waals surface area contributed by atoms with E-state index in [4.69, 9.17) is 4.99 Å². The van der Waals surface area contributed by atoms with Crippen molar-refractivity contribution in [2.75, 3.05) is 0 Å². The molecule has 130 valence electrons. The van der Waals surface area contributed by atoms with Crippen LogP contribution in [0.25, 0.3) is 0 Å². The monoisotopic (exact) mass is 348 g/mol. The van der Waals surface area contributed by atoms with Crippen molar-refractivity contribution >= 4 is 5.84 Å². The molecule has 2 atom stereocenters. The first-order valence-corrected chi connectivity index (χ1v) is 8.58. The summed E-state index contributed by atoms with van der Waals surface area (Å²) < 4.78 is 26.7. The summed E-state index contributed by atoms with van der Waals surface area (Å²) in [5.41, 5.74) is 2.95. The Morgan fingerprint density at radius 1 is 0.769 bits per heavy atom. The summed E-state index contributed by atoms with van der Waals surface area (Å²) in [6.07, 6.45) is 0.434. The molecular weight excluding hydrogens is 330 g/mol. The van der Waals surface area contributed by atoms with Crippen LogP contribution in [0.4, 0.5) is 8.78 Å². The van der Waals surface area contributed by atoms with Crippen molar-refractivity contribution in [1.82, 2.24) is 5.32 Å². The van der Waals surface area contributed by atoms with Crippen molar-refractivity contribution in [3.8, 4) is 0 Å². The van der Waals surface area contributed by atoms with E-state index in [9.17, 15) is 8.78 Å². The minimum atomic E-state index is -0.834. The summed E-state index contributed by atoms with van der Waals surface area (Å²) in [5.74, 6) is -0.890. The van der Waals surface area contributed by atoms with Gasteiger partial charge in [-0.25, -0.2) is 8.78 Å². The standard InChI is InChI=1S/C22H18F2N2/c23-18-12-11-15(13-19(18)24)14-20-25-21(16-7-3-1-4-8-16)22(26-20)17-9-5-2-6-10-17/h1-13,21-22H,14H2,(H,25,26)/t21-,22+. The highest BCUT2D eigenvalue weighted by Crippen LogP contribution is 2.36. The van der Waals surface area contributed by atoms with Crippen LogP contribution in [0.15, 0.2) is 83.9 Å². The van der Waals surface area contributed by atoms with Gasteiger partial charge in [0.2, 0.25) is 0 Å². The van der Waals surface area contributed by atoms with Gasteiger partial charge in [0.25, 0.3) is 0 Å². The first-order chi connectivity index (χ1) is 12.7. The highest BCUT2D eigenvalue weighted by atomic mass is 19.2. The average Bonchev–Trinajstić information content (AvgIpc) is 3.10. The van der Waals surface area contributed by atoms with E-state index >= 15 is 0 Å². The topological polar surface area (TPSA) is 24.4 Å². The molecule has 0 aliphatic carbocycles. The van der Waals surface area contributed by atoms with Crippen LogP contribution in [-0.2, 0) is 6.42 Å². The molecule has 0 aromatic heterocycles. The molecule has 0 amide bonds. The number of benzene rings is 3. The number of hydrogen-bond donors (Lipinski definition) is 1. The van der Waals surface area contributed by atoms with Gasteiger partial charge in [-0.15, -0.1) is 0 Å². The lowest BCUT2D eigenvalue weighted by Gasteiger charge is -2.19. The SMILES string of the molecule is Fc1ccc(CC2=N[C@@H](c3ccccc3)[C@@H](c3ccccc3)N2)cc1F. The van der Waals surface area contributed by atoms with Crippen molar-refractivity contribution < 1.29 is 8.78 Å². The molecule has 0 bridgehead atoms. The van der Waals surface area contributed by atoms with Gasteiger partial charge >= 0.3 is 0 Å². The van der Waals surface area contributed by atoms with Crippen molar-refractivity contribution in [2.45, 2.75) is 18.5 Å². The number of aliphatic imine (C=N–C) groups is 1. The molecule has 4 heteroatoms. The second-order valence-electron chi connectivity index (χ2n) is 6.39. The summed E-state index contributed by atoms with van der Waals surface area (Å²) in [5, 5.41) is 3.47. The average molecular weight is 348 g/mol. The number of hydrogen-bond acceptors (Lipinski definition) is 2. The van der Waals surface area contributed by atoms with E-state index in [-0.39, 0.29) is 12.1 Å².